The van der Waals surface area contributed by atoms with Gasteiger partial charge in [0.2, 0.25) is 0 Å². The zero-order valence-electron chi connectivity index (χ0n) is 7.19. The highest BCUT2D eigenvalue weighted by atomic mass is 15.2. The lowest BCUT2D eigenvalue weighted by molar-refractivity contribution is 0.334. The van der Waals surface area contributed by atoms with E-state index in [0.717, 1.165) is 26.1 Å². The molecule has 68 valence electrons. The molecule has 1 rings (SSSR count). The maximum atomic E-state index is 8.12. The Kier molecular flexibility index (Phi) is 3.87. The summed E-state index contributed by atoms with van der Waals surface area (Å²) in [5.41, 5.74) is 13.6. The van der Waals surface area contributed by atoms with E-state index >= 15 is 0 Å². The van der Waals surface area contributed by atoms with Crippen LogP contribution in [0.5, 0.6) is 0 Å². The topological polar surface area (TPSA) is 78.0 Å². The summed E-state index contributed by atoms with van der Waals surface area (Å²) in [6.07, 6.45) is 1.14. The van der Waals surface area contributed by atoms with Crippen molar-refractivity contribution in [2.24, 2.45) is 16.8 Å². The smallest absolute Gasteiger partial charge is 0.0298 e. The van der Waals surface area contributed by atoms with Gasteiger partial charge in [0.05, 0.1) is 0 Å². The summed E-state index contributed by atoms with van der Waals surface area (Å²) in [6, 6.07) is 0. The highest BCUT2D eigenvalue weighted by Gasteiger charge is 2.20. The van der Waals surface area contributed by atoms with Gasteiger partial charge in [0, 0.05) is 31.1 Å². The molecule has 1 saturated heterocycles. The Labute approximate surface area is 72.2 Å². The van der Waals surface area contributed by atoms with Gasteiger partial charge in [0.25, 0.3) is 0 Å². The number of nitrogens with two attached hydrogens (primary N) is 1. The van der Waals surface area contributed by atoms with Gasteiger partial charge in [-0.3, -0.25) is 0 Å². The van der Waals surface area contributed by atoms with E-state index in [1.54, 1.807) is 0 Å². The quantitative estimate of drug-likeness (QED) is 0.379. The maximum Gasteiger partial charge on any atom is 0.0298 e. The van der Waals surface area contributed by atoms with Crippen molar-refractivity contribution in [1.29, 1.82) is 0 Å². The van der Waals surface area contributed by atoms with Crippen LogP contribution in [0, 0.1) is 5.92 Å². The van der Waals surface area contributed by atoms with Gasteiger partial charge in [-0.25, -0.2) is 0 Å². The van der Waals surface area contributed by atoms with Crippen LogP contribution >= 0.6 is 0 Å². The van der Waals surface area contributed by atoms with Gasteiger partial charge in [-0.1, -0.05) is 5.11 Å². The molecule has 0 radical (unpaired) electrons. The molecule has 1 atom stereocenters. The van der Waals surface area contributed by atoms with Crippen LogP contribution in [0.4, 0.5) is 0 Å². The lowest BCUT2D eigenvalue weighted by atomic mass is 10.1. The fourth-order valence-corrected chi connectivity index (χ4v) is 1.60. The molecule has 1 fully saturated rings. The van der Waals surface area contributed by atoms with Crippen molar-refractivity contribution in [3.8, 4) is 0 Å². The van der Waals surface area contributed by atoms with Crippen molar-refractivity contribution in [1.82, 2.24) is 4.90 Å². The molecule has 5 heteroatoms. The molecule has 0 aromatic carbocycles. The van der Waals surface area contributed by atoms with E-state index in [2.05, 4.69) is 14.9 Å². The third-order valence-corrected chi connectivity index (χ3v) is 2.22. The number of nitrogens with zero attached hydrogens (tertiary/aromatic N) is 4. The third-order valence-electron chi connectivity index (χ3n) is 2.22. The van der Waals surface area contributed by atoms with Gasteiger partial charge in [0.1, 0.15) is 0 Å². The Morgan fingerprint density at radius 3 is 3.17 bits per heavy atom. The molecule has 0 unspecified atom stereocenters. The zero-order chi connectivity index (χ0) is 8.81. The van der Waals surface area contributed by atoms with Crippen LogP contribution < -0.4 is 5.73 Å². The predicted molar refractivity (Wildman–Crippen MR) is 47.6 cm³/mol. The average Bonchev–Trinajstić information content (AvgIpc) is 2.50. The van der Waals surface area contributed by atoms with Crippen LogP contribution in [-0.2, 0) is 0 Å². The van der Waals surface area contributed by atoms with Gasteiger partial charge < -0.3 is 10.6 Å². The lowest BCUT2D eigenvalue weighted by Crippen LogP contribution is -2.27. The second-order valence-electron chi connectivity index (χ2n) is 3.16. The Morgan fingerprint density at radius 2 is 2.50 bits per heavy atom. The van der Waals surface area contributed by atoms with Gasteiger partial charge in [0.15, 0.2) is 0 Å². The Hall–Kier alpha value is -0.770. The first-order valence-corrected chi connectivity index (χ1v) is 4.30. The summed E-state index contributed by atoms with van der Waals surface area (Å²) in [7, 11) is 0. The minimum Gasteiger partial charge on any atom is -0.329 e. The number of hydrogen-bond donors (Lipinski definition) is 1. The molecule has 1 heterocycles. The summed E-state index contributed by atoms with van der Waals surface area (Å²) in [4.78, 5) is 5.07. The molecule has 5 nitrogen and oxygen atoms in total. The Morgan fingerprint density at radius 1 is 1.67 bits per heavy atom. The first-order chi connectivity index (χ1) is 5.86. The van der Waals surface area contributed by atoms with E-state index < -0.39 is 0 Å². The molecule has 12 heavy (non-hydrogen) atoms. The zero-order valence-corrected chi connectivity index (χ0v) is 7.19. The van der Waals surface area contributed by atoms with E-state index in [-0.39, 0.29) is 0 Å². The van der Waals surface area contributed by atoms with Crippen LogP contribution in [0.2, 0.25) is 0 Å². The molecule has 0 aromatic heterocycles. The van der Waals surface area contributed by atoms with Crippen LogP contribution in [0.1, 0.15) is 6.42 Å². The Bertz CT molecular complexity index is 175. The summed E-state index contributed by atoms with van der Waals surface area (Å²) in [5, 5.41) is 3.57. The normalized spacial score (nSPS) is 23.9. The number of rotatable bonds is 4. The molecule has 0 amide bonds. The molecule has 0 aromatic rings. The van der Waals surface area contributed by atoms with Crippen LogP contribution in [0.25, 0.3) is 10.4 Å². The summed E-state index contributed by atoms with van der Waals surface area (Å²) in [6.45, 7) is 4.46. The highest BCUT2D eigenvalue weighted by Crippen LogP contribution is 2.15. The second kappa shape index (κ2) is 4.98. The second-order valence-corrected chi connectivity index (χ2v) is 3.16. The minimum atomic E-state index is 0.549. The van der Waals surface area contributed by atoms with Crippen LogP contribution in [0.3, 0.4) is 0 Å². The van der Waals surface area contributed by atoms with E-state index in [9.17, 15) is 0 Å². The van der Waals surface area contributed by atoms with E-state index in [0.29, 0.717) is 19.0 Å². The number of azide groups is 1. The van der Waals surface area contributed by atoms with E-state index in [1.165, 1.54) is 0 Å². The van der Waals surface area contributed by atoms with Gasteiger partial charge in [-0.15, -0.1) is 0 Å². The third kappa shape index (κ3) is 2.70. The van der Waals surface area contributed by atoms with E-state index in [4.69, 9.17) is 11.3 Å². The summed E-state index contributed by atoms with van der Waals surface area (Å²) in [5.74, 6) is 0.549. The SMILES string of the molecule is [N-]=[N+]=NC[C@@H]1CCN(CCN)C1. The largest absolute Gasteiger partial charge is 0.329 e. The summed E-state index contributed by atoms with van der Waals surface area (Å²) >= 11 is 0. The maximum absolute atomic E-state index is 8.12. The molecular formula is C7H15N5. The van der Waals surface area contributed by atoms with Crippen molar-refractivity contribution >= 4 is 0 Å². The number of hydrogen-bond acceptors (Lipinski definition) is 3. The van der Waals surface area contributed by atoms with Crippen LogP contribution in [-0.4, -0.2) is 37.6 Å². The molecule has 0 aliphatic carbocycles. The van der Waals surface area contributed by atoms with Gasteiger partial charge in [-0.2, -0.15) is 0 Å². The Balaban J connectivity index is 2.20. The van der Waals surface area contributed by atoms with Crippen molar-refractivity contribution in [2.45, 2.75) is 6.42 Å². The molecule has 0 spiro atoms. The average molecular weight is 169 g/mol. The highest BCUT2D eigenvalue weighted by molar-refractivity contribution is 4.77. The van der Waals surface area contributed by atoms with Crippen molar-refractivity contribution in [2.75, 3.05) is 32.7 Å². The predicted octanol–water partition coefficient (Wildman–Crippen LogP) is 0.577. The number of likely N-dealkylation sites (tertiary alicyclic amines) is 1. The van der Waals surface area contributed by atoms with Crippen molar-refractivity contribution in [3.05, 3.63) is 10.4 Å². The molecule has 1 aliphatic heterocycles. The van der Waals surface area contributed by atoms with Crippen LogP contribution in [0.15, 0.2) is 5.11 Å². The summed E-state index contributed by atoms with van der Waals surface area (Å²) < 4.78 is 0. The standard InChI is InChI=1S/C7H15N5/c8-2-4-12-3-1-7(6-12)5-10-11-9/h7H,1-6,8H2/t7-/m0/s1. The molecule has 2 N–H and O–H groups in total. The first kappa shape index (κ1) is 9.32. The minimum absolute atomic E-state index is 0.549. The van der Waals surface area contributed by atoms with Crippen molar-refractivity contribution in [3.63, 3.8) is 0 Å². The van der Waals surface area contributed by atoms with Gasteiger partial charge in [-0.05, 0) is 24.4 Å². The van der Waals surface area contributed by atoms with Crippen molar-refractivity contribution < 1.29 is 0 Å². The molecular weight excluding hydrogens is 154 g/mol. The van der Waals surface area contributed by atoms with E-state index in [1.807, 2.05) is 0 Å². The molecule has 0 bridgehead atoms. The molecule has 0 saturated carbocycles. The lowest BCUT2D eigenvalue weighted by Gasteiger charge is -2.13. The van der Waals surface area contributed by atoms with Gasteiger partial charge >= 0.3 is 0 Å². The fraction of sp³-hybridized carbons (Fsp3) is 1.00. The monoisotopic (exact) mass is 169 g/mol. The fourth-order valence-electron chi connectivity index (χ4n) is 1.60. The molecule has 1 aliphatic rings. The first-order valence-electron chi connectivity index (χ1n) is 4.30.